The first-order valence-electron chi connectivity index (χ1n) is 14.8. The molecular weight excluding hydrogens is 490 g/mol. The summed E-state index contributed by atoms with van der Waals surface area (Å²) in [5.41, 5.74) is 9.93. The number of nitrogens with one attached hydrogen (secondary N) is 2. The van der Waals surface area contributed by atoms with E-state index in [9.17, 15) is 0 Å². The van der Waals surface area contributed by atoms with E-state index in [-0.39, 0.29) is 5.41 Å². The summed E-state index contributed by atoms with van der Waals surface area (Å²) in [6.45, 7) is 24.1. The van der Waals surface area contributed by atoms with E-state index in [4.69, 9.17) is 9.97 Å². The summed E-state index contributed by atoms with van der Waals surface area (Å²) in [5, 5.41) is 6.79. The van der Waals surface area contributed by atoms with E-state index in [1.165, 1.54) is 16.8 Å². The number of rotatable bonds is 15. The largest absolute Gasteiger partial charge is 0.389 e. The van der Waals surface area contributed by atoms with E-state index in [0.29, 0.717) is 0 Å². The van der Waals surface area contributed by atoms with Crippen molar-refractivity contribution in [3.8, 4) is 0 Å². The molecule has 0 fully saturated rings. The fourth-order valence-electron chi connectivity index (χ4n) is 4.77. The summed E-state index contributed by atoms with van der Waals surface area (Å²) in [6.07, 6.45) is 10.9. The van der Waals surface area contributed by atoms with Crippen molar-refractivity contribution in [3.05, 3.63) is 90.5 Å². The molecule has 2 N–H and O–H groups in total. The molecule has 214 valence electrons. The molecule has 1 aromatic heterocycles. The van der Waals surface area contributed by atoms with Gasteiger partial charge in [0, 0.05) is 48.5 Å². The zero-order valence-electron chi connectivity index (χ0n) is 25.6. The van der Waals surface area contributed by atoms with Gasteiger partial charge in [0.05, 0.1) is 22.9 Å². The maximum absolute atomic E-state index is 5.00. The van der Waals surface area contributed by atoms with Crippen molar-refractivity contribution in [3.63, 3.8) is 0 Å². The zero-order valence-corrected chi connectivity index (χ0v) is 25.6. The van der Waals surface area contributed by atoms with Gasteiger partial charge in [-0.25, -0.2) is 4.98 Å². The number of anilines is 2. The third-order valence-electron chi connectivity index (χ3n) is 6.90. The van der Waals surface area contributed by atoms with Gasteiger partial charge in [-0.05, 0) is 72.6 Å². The van der Waals surface area contributed by atoms with Crippen LogP contribution >= 0.6 is 0 Å². The van der Waals surface area contributed by atoms with E-state index < -0.39 is 0 Å². The standard InChI is InChI=1S/C35H49N5/c1-9-13-18-40(31-20-27(10-2)19-28(11-3)21-31)30-14-15-32-33(22-30)39-34(25-38-32)29(12-4)24-36-16-17-37-26(5)23-35(6,7)8/h12,14-15,19-22,24-25,36-37H,4-5,9-11,13,16-18,23H2,1-3,6-8H3/b29-24+. The number of aryl methyl sites for hydroxylation is 2. The second-order valence-corrected chi connectivity index (χ2v) is 11.7. The SMILES string of the molecule is C=C/C(=C\NCCNC(=C)CC(C)(C)C)c1cnc2ccc(N(CCCC)c3cc(CC)cc(CC)c3)cc2n1. The van der Waals surface area contributed by atoms with Crippen molar-refractivity contribution in [1.82, 2.24) is 20.6 Å². The number of hydrogen-bond acceptors (Lipinski definition) is 5. The van der Waals surface area contributed by atoms with Crippen molar-refractivity contribution in [2.24, 2.45) is 5.41 Å². The molecule has 0 saturated heterocycles. The van der Waals surface area contributed by atoms with Crippen LogP contribution in [0.2, 0.25) is 0 Å². The summed E-state index contributed by atoms with van der Waals surface area (Å²) in [6, 6.07) is 13.4. The van der Waals surface area contributed by atoms with Crippen LogP contribution in [-0.4, -0.2) is 29.6 Å². The van der Waals surface area contributed by atoms with E-state index in [1.54, 1.807) is 0 Å². The topological polar surface area (TPSA) is 53.1 Å². The van der Waals surface area contributed by atoms with Crippen LogP contribution in [0.15, 0.2) is 73.7 Å². The van der Waals surface area contributed by atoms with Crippen LogP contribution in [0.25, 0.3) is 16.6 Å². The van der Waals surface area contributed by atoms with Crippen LogP contribution in [0.3, 0.4) is 0 Å². The molecule has 0 aliphatic carbocycles. The van der Waals surface area contributed by atoms with Crippen LogP contribution in [0.4, 0.5) is 11.4 Å². The average molecular weight is 540 g/mol. The highest BCUT2D eigenvalue weighted by Gasteiger charge is 2.14. The minimum atomic E-state index is 0.229. The van der Waals surface area contributed by atoms with Crippen LogP contribution in [0.5, 0.6) is 0 Å². The maximum Gasteiger partial charge on any atom is 0.0915 e. The number of hydrogen-bond donors (Lipinski definition) is 2. The summed E-state index contributed by atoms with van der Waals surface area (Å²) in [4.78, 5) is 12.2. The molecule has 0 saturated carbocycles. The van der Waals surface area contributed by atoms with Gasteiger partial charge >= 0.3 is 0 Å². The molecule has 0 unspecified atom stereocenters. The molecule has 5 nitrogen and oxygen atoms in total. The molecule has 0 spiro atoms. The Balaban J connectivity index is 1.82. The van der Waals surface area contributed by atoms with Crippen LogP contribution in [-0.2, 0) is 12.8 Å². The molecule has 2 aromatic carbocycles. The molecule has 0 aliphatic heterocycles. The van der Waals surface area contributed by atoms with Crippen molar-refractivity contribution in [2.45, 2.75) is 73.6 Å². The summed E-state index contributed by atoms with van der Waals surface area (Å²) >= 11 is 0. The molecule has 0 bridgehead atoms. The van der Waals surface area contributed by atoms with Gasteiger partial charge in [0.15, 0.2) is 0 Å². The quantitative estimate of drug-likeness (QED) is 0.150. The van der Waals surface area contributed by atoms with Gasteiger partial charge in [-0.3, -0.25) is 4.98 Å². The molecule has 0 amide bonds. The molecule has 1 heterocycles. The highest BCUT2D eigenvalue weighted by molar-refractivity contribution is 5.83. The Kier molecular flexibility index (Phi) is 11.4. The van der Waals surface area contributed by atoms with E-state index in [0.717, 1.165) is 85.4 Å². The maximum atomic E-state index is 5.00. The van der Waals surface area contributed by atoms with Gasteiger partial charge in [-0.2, -0.15) is 0 Å². The highest BCUT2D eigenvalue weighted by atomic mass is 15.1. The number of fused-ring (bicyclic) bond motifs is 1. The summed E-state index contributed by atoms with van der Waals surface area (Å²) < 4.78 is 0. The molecule has 0 radical (unpaired) electrons. The number of unbranched alkanes of at least 4 members (excludes halogenated alkanes) is 1. The molecule has 3 rings (SSSR count). The van der Waals surface area contributed by atoms with E-state index in [2.05, 4.69) is 107 Å². The first kappa shape index (κ1) is 30.9. The zero-order chi connectivity index (χ0) is 29.1. The number of nitrogens with zero attached hydrogens (tertiary/aromatic N) is 3. The van der Waals surface area contributed by atoms with Crippen molar-refractivity contribution in [1.29, 1.82) is 0 Å². The Bertz CT molecular complexity index is 1290. The fraction of sp³-hybridized carbons (Fsp3) is 0.429. The lowest BCUT2D eigenvalue weighted by Gasteiger charge is -2.26. The van der Waals surface area contributed by atoms with Gasteiger partial charge in [-0.1, -0.05) is 73.3 Å². The van der Waals surface area contributed by atoms with Gasteiger partial charge in [0.25, 0.3) is 0 Å². The molecule has 0 aliphatic rings. The summed E-state index contributed by atoms with van der Waals surface area (Å²) in [5.74, 6) is 0. The van der Waals surface area contributed by atoms with Crippen molar-refractivity contribution >= 4 is 28.0 Å². The lowest BCUT2D eigenvalue weighted by Crippen LogP contribution is -2.25. The van der Waals surface area contributed by atoms with Crippen molar-refractivity contribution < 1.29 is 0 Å². The minimum absolute atomic E-state index is 0.229. The van der Waals surface area contributed by atoms with E-state index >= 15 is 0 Å². The third-order valence-corrected chi connectivity index (χ3v) is 6.90. The van der Waals surface area contributed by atoms with E-state index in [1.807, 2.05) is 18.5 Å². The highest BCUT2D eigenvalue weighted by Crippen LogP contribution is 2.31. The Morgan fingerprint density at radius 3 is 2.30 bits per heavy atom. The predicted octanol–water partition coefficient (Wildman–Crippen LogP) is 8.35. The Morgan fingerprint density at radius 2 is 1.68 bits per heavy atom. The monoisotopic (exact) mass is 539 g/mol. The smallest absolute Gasteiger partial charge is 0.0915 e. The number of aromatic nitrogens is 2. The first-order chi connectivity index (χ1) is 19.2. The van der Waals surface area contributed by atoms with Gasteiger partial charge in [0.1, 0.15) is 0 Å². The van der Waals surface area contributed by atoms with Crippen LogP contribution in [0, 0.1) is 5.41 Å². The van der Waals surface area contributed by atoms with Gasteiger partial charge < -0.3 is 15.5 Å². The molecule has 40 heavy (non-hydrogen) atoms. The summed E-state index contributed by atoms with van der Waals surface area (Å²) in [7, 11) is 0. The lowest BCUT2D eigenvalue weighted by molar-refractivity contribution is 0.399. The number of benzene rings is 2. The second-order valence-electron chi connectivity index (χ2n) is 11.7. The van der Waals surface area contributed by atoms with Crippen LogP contribution in [0.1, 0.15) is 77.6 Å². The Labute approximate surface area is 242 Å². The number of allylic oxidation sites excluding steroid dienone is 3. The average Bonchev–Trinajstić information content (AvgIpc) is 2.93. The minimum Gasteiger partial charge on any atom is -0.389 e. The Morgan fingerprint density at radius 1 is 0.950 bits per heavy atom. The molecular formula is C35H49N5. The molecule has 5 heteroatoms. The lowest BCUT2D eigenvalue weighted by atomic mass is 9.91. The van der Waals surface area contributed by atoms with Crippen LogP contribution < -0.4 is 15.5 Å². The van der Waals surface area contributed by atoms with Gasteiger partial charge in [0.2, 0.25) is 0 Å². The third kappa shape index (κ3) is 8.97. The molecule has 0 atom stereocenters. The fourth-order valence-corrected chi connectivity index (χ4v) is 4.77. The Hall–Kier alpha value is -3.60. The predicted molar refractivity (Wildman–Crippen MR) is 174 cm³/mol. The second kappa shape index (κ2) is 14.7. The van der Waals surface area contributed by atoms with Gasteiger partial charge in [-0.15, -0.1) is 0 Å². The van der Waals surface area contributed by atoms with Crippen molar-refractivity contribution in [2.75, 3.05) is 24.5 Å². The first-order valence-corrected chi connectivity index (χ1v) is 14.8. The normalized spacial score (nSPS) is 11.9. The molecule has 3 aromatic rings.